The average Bonchev–Trinajstić information content (AvgIpc) is 3.17. The van der Waals surface area contributed by atoms with Crippen LogP contribution in [0.3, 0.4) is 0 Å². The maximum atomic E-state index is 11.0. The van der Waals surface area contributed by atoms with Gasteiger partial charge < -0.3 is 15.2 Å². The maximum Gasteiger partial charge on any atom is 0.0882 e. The molecule has 4 aliphatic rings. The quantitative estimate of drug-likeness (QED) is 0.516. The van der Waals surface area contributed by atoms with Gasteiger partial charge in [-0.1, -0.05) is 44.2 Å². The largest absolute Gasteiger partial charge is 0.387 e. The van der Waals surface area contributed by atoms with E-state index in [0.717, 1.165) is 54.9 Å². The standard InChI is InChI=1S/C30H47NO2/c1-4-28(31-19-21-8-6-5-7-9-21)27-13-12-26-25-11-10-22-18-30(32,20-33-3)17-15-23(22)24(25)14-16-29(26,27)2/h5-9,22-28,31-32H,4,10-20H2,1-3H3/t22-,23+,24-,25-,26+,27-,28?,29+,30-/m1/s1. The fourth-order valence-electron chi connectivity index (χ4n) is 9.48. The maximum absolute atomic E-state index is 11.0. The highest BCUT2D eigenvalue weighted by atomic mass is 16.5. The first-order valence-electron chi connectivity index (χ1n) is 14.0. The van der Waals surface area contributed by atoms with Gasteiger partial charge in [-0.25, -0.2) is 0 Å². The molecule has 0 aliphatic heterocycles. The minimum atomic E-state index is -0.566. The zero-order valence-electron chi connectivity index (χ0n) is 21.3. The number of hydrogen-bond acceptors (Lipinski definition) is 3. The third-order valence-electron chi connectivity index (χ3n) is 10.9. The number of benzene rings is 1. The van der Waals surface area contributed by atoms with Crippen LogP contribution in [0.4, 0.5) is 0 Å². The van der Waals surface area contributed by atoms with Crippen LogP contribution in [0.1, 0.15) is 83.6 Å². The van der Waals surface area contributed by atoms with Crippen molar-refractivity contribution in [1.29, 1.82) is 0 Å². The summed E-state index contributed by atoms with van der Waals surface area (Å²) in [5, 5.41) is 15.0. The first-order valence-corrected chi connectivity index (χ1v) is 14.0. The van der Waals surface area contributed by atoms with E-state index in [0.29, 0.717) is 18.1 Å². The topological polar surface area (TPSA) is 41.5 Å². The van der Waals surface area contributed by atoms with E-state index in [9.17, 15) is 5.11 Å². The lowest BCUT2D eigenvalue weighted by molar-refractivity contribution is -0.125. The van der Waals surface area contributed by atoms with Crippen molar-refractivity contribution < 1.29 is 9.84 Å². The first-order chi connectivity index (χ1) is 16.0. The Bertz CT molecular complexity index is 783. The predicted octanol–water partition coefficient (Wildman–Crippen LogP) is 6.20. The lowest BCUT2D eigenvalue weighted by Gasteiger charge is -2.57. The van der Waals surface area contributed by atoms with Gasteiger partial charge in [-0.2, -0.15) is 0 Å². The number of methoxy groups -OCH3 is 1. The molecule has 184 valence electrons. The van der Waals surface area contributed by atoms with Crippen molar-refractivity contribution in [3.63, 3.8) is 0 Å². The van der Waals surface area contributed by atoms with Crippen LogP contribution < -0.4 is 5.32 Å². The van der Waals surface area contributed by atoms with Crippen LogP contribution in [-0.4, -0.2) is 30.5 Å². The molecular formula is C30H47NO2. The van der Waals surface area contributed by atoms with Gasteiger partial charge in [0.25, 0.3) is 0 Å². The van der Waals surface area contributed by atoms with Gasteiger partial charge in [-0.05, 0) is 111 Å². The number of nitrogens with one attached hydrogen (secondary N) is 1. The van der Waals surface area contributed by atoms with Crippen LogP contribution in [0.5, 0.6) is 0 Å². The lowest BCUT2D eigenvalue weighted by atomic mass is 9.48. The van der Waals surface area contributed by atoms with E-state index >= 15 is 0 Å². The Hall–Kier alpha value is -0.900. The third kappa shape index (κ3) is 4.43. The molecule has 1 aromatic rings. The summed E-state index contributed by atoms with van der Waals surface area (Å²) in [6.07, 6.45) is 12.8. The molecule has 0 aromatic heterocycles. The van der Waals surface area contributed by atoms with Crippen molar-refractivity contribution in [3.8, 4) is 0 Å². The van der Waals surface area contributed by atoms with Crippen LogP contribution in [0.15, 0.2) is 30.3 Å². The van der Waals surface area contributed by atoms with Crippen molar-refractivity contribution in [2.45, 2.75) is 96.2 Å². The summed E-state index contributed by atoms with van der Waals surface area (Å²) in [6, 6.07) is 11.6. The van der Waals surface area contributed by atoms with Crippen molar-refractivity contribution >= 4 is 0 Å². The highest BCUT2D eigenvalue weighted by molar-refractivity contribution is 5.15. The Balaban J connectivity index is 1.26. The fourth-order valence-corrected chi connectivity index (χ4v) is 9.48. The zero-order chi connectivity index (χ0) is 23.1. The summed E-state index contributed by atoms with van der Waals surface area (Å²) >= 11 is 0. The molecule has 4 fully saturated rings. The molecule has 1 unspecified atom stereocenters. The van der Waals surface area contributed by atoms with E-state index in [4.69, 9.17) is 4.74 Å². The molecule has 2 N–H and O–H groups in total. The molecule has 0 saturated heterocycles. The minimum Gasteiger partial charge on any atom is -0.387 e. The monoisotopic (exact) mass is 453 g/mol. The Kier molecular flexibility index (Phi) is 6.95. The second-order valence-electron chi connectivity index (χ2n) is 12.4. The summed E-state index contributed by atoms with van der Waals surface area (Å²) in [5.74, 6) is 5.13. The van der Waals surface area contributed by atoms with Crippen LogP contribution in [0.2, 0.25) is 0 Å². The SMILES string of the molecule is CCC(NCc1ccccc1)[C@H]1CC[C@H]2[C@@H]3CC[C@@H]4C[C@@](O)(COC)CC[C@@H]4[C@H]3CC[C@]12C. The van der Waals surface area contributed by atoms with E-state index < -0.39 is 5.60 Å². The molecule has 33 heavy (non-hydrogen) atoms. The minimum absolute atomic E-state index is 0.504. The Morgan fingerprint density at radius 3 is 2.55 bits per heavy atom. The smallest absolute Gasteiger partial charge is 0.0882 e. The molecule has 0 amide bonds. The fraction of sp³-hybridized carbons (Fsp3) is 0.800. The molecule has 9 atom stereocenters. The molecule has 4 aliphatic carbocycles. The van der Waals surface area contributed by atoms with E-state index in [1.807, 2.05) is 0 Å². The van der Waals surface area contributed by atoms with E-state index in [1.165, 1.54) is 56.9 Å². The third-order valence-corrected chi connectivity index (χ3v) is 10.9. The lowest BCUT2D eigenvalue weighted by Crippen LogP contribution is -2.53. The van der Waals surface area contributed by atoms with E-state index in [1.54, 1.807) is 7.11 Å². The van der Waals surface area contributed by atoms with Gasteiger partial charge in [0.1, 0.15) is 0 Å². The molecular weight excluding hydrogens is 406 g/mol. The van der Waals surface area contributed by atoms with Crippen LogP contribution >= 0.6 is 0 Å². The predicted molar refractivity (Wildman–Crippen MR) is 135 cm³/mol. The van der Waals surface area contributed by atoms with Gasteiger partial charge in [-0.3, -0.25) is 0 Å². The normalized spacial score (nSPS) is 43.4. The molecule has 3 nitrogen and oxygen atoms in total. The molecule has 5 rings (SSSR count). The summed E-state index contributed by atoms with van der Waals surface area (Å²) in [6.45, 7) is 6.57. The Morgan fingerprint density at radius 1 is 1.00 bits per heavy atom. The highest BCUT2D eigenvalue weighted by Gasteiger charge is 2.58. The van der Waals surface area contributed by atoms with Crippen molar-refractivity contribution in [1.82, 2.24) is 5.32 Å². The van der Waals surface area contributed by atoms with Crippen molar-refractivity contribution in [2.75, 3.05) is 13.7 Å². The summed E-state index contributed by atoms with van der Waals surface area (Å²) in [5.41, 5.74) is 1.34. The molecule has 0 radical (unpaired) electrons. The van der Waals surface area contributed by atoms with Crippen LogP contribution in [-0.2, 0) is 11.3 Å². The number of fused-ring (bicyclic) bond motifs is 5. The molecule has 1 aromatic carbocycles. The first kappa shape index (κ1) is 23.8. The van der Waals surface area contributed by atoms with Gasteiger partial charge in [0.2, 0.25) is 0 Å². The average molecular weight is 454 g/mol. The zero-order valence-corrected chi connectivity index (χ0v) is 21.3. The summed E-state index contributed by atoms with van der Waals surface area (Å²) in [4.78, 5) is 0. The van der Waals surface area contributed by atoms with Gasteiger partial charge in [0.05, 0.1) is 12.2 Å². The molecule has 4 saturated carbocycles. The van der Waals surface area contributed by atoms with Crippen molar-refractivity contribution in [2.24, 2.45) is 40.9 Å². The number of rotatable bonds is 7. The van der Waals surface area contributed by atoms with Crippen LogP contribution in [0, 0.1) is 40.9 Å². The second-order valence-corrected chi connectivity index (χ2v) is 12.4. The van der Waals surface area contributed by atoms with Crippen molar-refractivity contribution in [3.05, 3.63) is 35.9 Å². The summed E-state index contributed by atoms with van der Waals surface area (Å²) < 4.78 is 5.38. The van der Waals surface area contributed by atoms with Gasteiger partial charge >= 0.3 is 0 Å². The molecule has 3 heteroatoms. The van der Waals surface area contributed by atoms with E-state index in [-0.39, 0.29) is 0 Å². The second kappa shape index (κ2) is 9.63. The van der Waals surface area contributed by atoms with Gasteiger partial charge in [-0.15, -0.1) is 0 Å². The highest BCUT2D eigenvalue weighted by Crippen LogP contribution is 2.65. The number of ether oxygens (including phenoxy) is 1. The van der Waals surface area contributed by atoms with E-state index in [2.05, 4.69) is 49.5 Å². The van der Waals surface area contributed by atoms with Gasteiger partial charge in [0.15, 0.2) is 0 Å². The van der Waals surface area contributed by atoms with Crippen LogP contribution in [0.25, 0.3) is 0 Å². The summed E-state index contributed by atoms with van der Waals surface area (Å²) in [7, 11) is 1.73. The Morgan fingerprint density at radius 2 is 1.79 bits per heavy atom. The molecule has 0 bridgehead atoms. The number of hydrogen-bond donors (Lipinski definition) is 2. The number of aliphatic hydroxyl groups is 1. The van der Waals surface area contributed by atoms with Gasteiger partial charge in [0, 0.05) is 19.7 Å². The molecule has 0 spiro atoms. The Labute approximate surface area is 202 Å². The molecule has 0 heterocycles.